The van der Waals surface area contributed by atoms with Gasteiger partial charge in [0.1, 0.15) is 16.7 Å². The molecular weight excluding hydrogens is 200 g/mol. The third-order valence-electron chi connectivity index (χ3n) is 1.82. The topological polar surface area (TPSA) is 84.9 Å². The minimum Gasteiger partial charge on any atom is -0.396 e. The molecule has 14 heavy (non-hydrogen) atoms. The first-order valence-corrected chi connectivity index (χ1v) is 5.09. The van der Waals surface area contributed by atoms with Crippen LogP contribution in [0.2, 0.25) is 0 Å². The lowest BCUT2D eigenvalue weighted by Gasteiger charge is -1.90. The second kappa shape index (κ2) is 3.85. The molecule has 0 aliphatic heterocycles. The molecule has 0 spiro atoms. The van der Waals surface area contributed by atoms with Crippen LogP contribution in [0.5, 0.6) is 0 Å². The maximum Gasteiger partial charge on any atom is 0.154 e. The predicted molar refractivity (Wildman–Crippen MR) is 55.0 cm³/mol. The molecule has 0 radical (unpaired) electrons. The number of hydrogen-bond acceptors (Lipinski definition) is 6. The van der Waals surface area contributed by atoms with Crippen molar-refractivity contribution >= 4 is 27.5 Å². The Morgan fingerprint density at radius 3 is 3.00 bits per heavy atom. The zero-order valence-corrected chi connectivity index (χ0v) is 8.29. The summed E-state index contributed by atoms with van der Waals surface area (Å²) in [6.45, 7) is 0.178. The van der Waals surface area contributed by atoms with Crippen molar-refractivity contribution in [3.05, 3.63) is 11.3 Å². The molecule has 0 saturated heterocycles. The molecule has 2 rings (SSSR count). The van der Waals surface area contributed by atoms with Crippen molar-refractivity contribution in [2.75, 3.05) is 12.3 Å². The fourth-order valence-corrected chi connectivity index (χ4v) is 2.10. The second-order valence-corrected chi connectivity index (χ2v) is 3.91. The van der Waals surface area contributed by atoms with Crippen molar-refractivity contribution in [1.29, 1.82) is 0 Å². The highest BCUT2D eigenvalue weighted by Crippen LogP contribution is 2.23. The highest BCUT2D eigenvalue weighted by atomic mass is 32.1. The van der Waals surface area contributed by atoms with Crippen molar-refractivity contribution < 1.29 is 5.11 Å². The van der Waals surface area contributed by atoms with E-state index in [2.05, 4.69) is 15.0 Å². The smallest absolute Gasteiger partial charge is 0.154 e. The standard InChI is InChI=1S/C8H10N4OS/c9-7-6-8(11-4-10-7)14-5(12-6)2-1-3-13/h4,13H,1-3H2,(H2,9,10,11). The predicted octanol–water partition coefficient (Wildman–Crippen LogP) is 0.593. The number of rotatable bonds is 3. The van der Waals surface area contributed by atoms with Gasteiger partial charge in [0, 0.05) is 13.0 Å². The number of aliphatic hydroxyl groups excluding tert-OH is 1. The largest absolute Gasteiger partial charge is 0.396 e. The van der Waals surface area contributed by atoms with E-state index in [0.29, 0.717) is 17.8 Å². The van der Waals surface area contributed by atoms with Gasteiger partial charge in [0.05, 0.1) is 5.01 Å². The van der Waals surface area contributed by atoms with Crippen LogP contribution in [0.25, 0.3) is 10.3 Å². The molecule has 0 aliphatic carbocycles. The summed E-state index contributed by atoms with van der Waals surface area (Å²) in [7, 11) is 0. The van der Waals surface area contributed by atoms with Gasteiger partial charge in [0.25, 0.3) is 0 Å². The third-order valence-corrected chi connectivity index (χ3v) is 2.84. The fourth-order valence-electron chi connectivity index (χ4n) is 1.15. The number of thiazole rings is 1. The summed E-state index contributed by atoms with van der Waals surface area (Å²) in [5.41, 5.74) is 6.31. The Kier molecular flexibility index (Phi) is 2.55. The first-order valence-electron chi connectivity index (χ1n) is 4.28. The van der Waals surface area contributed by atoms with Crippen LogP contribution in [0.1, 0.15) is 11.4 Å². The second-order valence-electron chi connectivity index (χ2n) is 2.85. The zero-order chi connectivity index (χ0) is 9.97. The number of anilines is 1. The molecule has 2 aromatic rings. The minimum absolute atomic E-state index is 0.178. The van der Waals surface area contributed by atoms with E-state index in [4.69, 9.17) is 10.8 Å². The number of nitrogens with zero attached hydrogens (tertiary/aromatic N) is 3. The Morgan fingerprint density at radius 2 is 2.29 bits per heavy atom. The van der Waals surface area contributed by atoms with Crippen LogP contribution in [0.4, 0.5) is 5.82 Å². The Morgan fingerprint density at radius 1 is 1.43 bits per heavy atom. The van der Waals surface area contributed by atoms with Crippen molar-refractivity contribution in [2.45, 2.75) is 12.8 Å². The molecular formula is C8H10N4OS. The monoisotopic (exact) mass is 210 g/mol. The van der Waals surface area contributed by atoms with Crippen LogP contribution in [0, 0.1) is 0 Å². The first-order chi connectivity index (χ1) is 6.81. The van der Waals surface area contributed by atoms with Crippen LogP contribution in [0.15, 0.2) is 6.33 Å². The quantitative estimate of drug-likeness (QED) is 0.774. The molecule has 3 N–H and O–H groups in total. The van der Waals surface area contributed by atoms with E-state index in [1.54, 1.807) is 0 Å². The highest BCUT2D eigenvalue weighted by Gasteiger charge is 2.07. The Labute approximate surface area is 84.6 Å². The Hall–Kier alpha value is -1.27. The highest BCUT2D eigenvalue weighted by molar-refractivity contribution is 7.18. The molecule has 0 amide bonds. The zero-order valence-electron chi connectivity index (χ0n) is 7.47. The Bertz CT molecular complexity index is 442. The van der Waals surface area contributed by atoms with Crippen molar-refractivity contribution in [3.8, 4) is 0 Å². The van der Waals surface area contributed by atoms with Gasteiger partial charge < -0.3 is 10.8 Å². The van der Waals surface area contributed by atoms with E-state index < -0.39 is 0 Å². The van der Waals surface area contributed by atoms with E-state index in [1.165, 1.54) is 17.7 Å². The average molecular weight is 210 g/mol. The number of nitrogen functional groups attached to an aromatic ring is 1. The number of aliphatic hydroxyl groups is 1. The van der Waals surface area contributed by atoms with Crippen LogP contribution < -0.4 is 5.73 Å². The molecule has 6 heteroatoms. The summed E-state index contributed by atoms with van der Waals surface area (Å²) in [5, 5.41) is 9.63. The van der Waals surface area contributed by atoms with Crippen molar-refractivity contribution in [2.24, 2.45) is 0 Å². The molecule has 0 saturated carbocycles. The van der Waals surface area contributed by atoms with Crippen molar-refractivity contribution in [1.82, 2.24) is 15.0 Å². The summed E-state index contributed by atoms with van der Waals surface area (Å²) in [6, 6.07) is 0. The number of aromatic nitrogens is 3. The lowest BCUT2D eigenvalue weighted by molar-refractivity contribution is 0.288. The lowest BCUT2D eigenvalue weighted by Crippen LogP contribution is -1.92. The normalized spacial score (nSPS) is 10.9. The van der Waals surface area contributed by atoms with E-state index in [0.717, 1.165) is 16.3 Å². The van der Waals surface area contributed by atoms with Crippen LogP contribution in [0.3, 0.4) is 0 Å². The van der Waals surface area contributed by atoms with Gasteiger partial charge in [-0.1, -0.05) is 11.3 Å². The molecule has 0 bridgehead atoms. The molecule has 0 fully saturated rings. The molecule has 0 unspecified atom stereocenters. The number of hydrogen-bond donors (Lipinski definition) is 2. The van der Waals surface area contributed by atoms with Crippen LogP contribution >= 0.6 is 11.3 Å². The number of fused-ring (bicyclic) bond motifs is 1. The third kappa shape index (κ3) is 1.66. The fraction of sp³-hybridized carbons (Fsp3) is 0.375. The molecule has 2 aromatic heterocycles. The molecule has 2 heterocycles. The molecule has 0 atom stereocenters. The van der Waals surface area contributed by atoms with Gasteiger partial charge >= 0.3 is 0 Å². The maximum absolute atomic E-state index is 8.68. The van der Waals surface area contributed by atoms with Gasteiger partial charge in [-0.05, 0) is 6.42 Å². The molecule has 5 nitrogen and oxygen atoms in total. The number of nitrogens with two attached hydrogens (primary N) is 1. The molecule has 74 valence electrons. The van der Waals surface area contributed by atoms with Gasteiger partial charge in [-0.15, -0.1) is 0 Å². The van der Waals surface area contributed by atoms with E-state index in [-0.39, 0.29) is 6.61 Å². The lowest BCUT2D eigenvalue weighted by atomic mass is 10.3. The summed E-state index contributed by atoms with van der Waals surface area (Å²) in [4.78, 5) is 13.1. The average Bonchev–Trinajstić information content (AvgIpc) is 2.59. The van der Waals surface area contributed by atoms with Gasteiger partial charge in [-0.3, -0.25) is 0 Å². The summed E-state index contributed by atoms with van der Waals surface area (Å²) >= 11 is 1.50. The van der Waals surface area contributed by atoms with Crippen LogP contribution in [-0.4, -0.2) is 26.7 Å². The molecule has 0 aromatic carbocycles. The SMILES string of the molecule is Nc1ncnc2sc(CCCO)nc12. The summed E-state index contributed by atoms with van der Waals surface area (Å²) in [6.07, 6.45) is 2.91. The van der Waals surface area contributed by atoms with E-state index in [1.807, 2.05) is 0 Å². The van der Waals surface area contributed by atoms with Crippen molar-refractivity contribution in [3.63, 3.8) is 0 Å². The number of aryl methyl sites for hydroxylation is 1. The van der Waals surface area contributed by atoms with Gasteiger partial charge in [0.15, 0.2) is 5.82 Å². The summed E-state index contributed by atoms with van der Waals surface area (Å²) in [5.74, 6) is 0.418. The van der Waals surface area contributed by atoms with E-state index in [9.17, 15) is 0 Å². The van der Waals surface area contributed by atoms with Gasteiger partial charge in [-0.2, -0.15) is 0 Å². The maximum atomic E-state index is 8.68. The first kappa shape index (κ1) is 9.29. The molecule has 0 aliphatic rings. The minimum atomic E-state index is 0.178. The van der Waals surface area contributed by atoms with Gasteiger partial charge in [-0.25, -0.2) is 15.0 Å². The van der Waals surface area contributed by atoms with E-state index >= 15 is 0 Å². The summed E-state index contributed by atoms with van der Waals surface area (Å²) < 4.78 is 0. The van der Waals surface area contributed by atoms with Crippen LogP contribution in [-0.2, 0) is 6.42 Å². The Balaban J connectivity index is 2.36. The van der Waals surface area contributed by atoms with Gasteiger partial charge in [0.2, 0.25) is 0 Å².